The van der Waals surface area contributed by atoms with Gasteiger partial charge in [-0.1, -0.05) is 18.2 Å². The van der Waals surface area contributed by atoms with Gasteiger partial charge in [-0.05, 0) is 19.1 Å². The molecule has 0 radical (unpaired) electrons. The minimum Gasteiger partial charge on any atom is -0.488 e. The summed E-state index contributed by atoms with van der Waals surface area (Å²) in [5.74, 6) is 0.638. The second-order valence-electron chi connectivity index (χ2n) is 3.03. The van der Waals surface area contributed by atoms with Gasteiger partial charge in [0.2, 0.25) is 0 Å². The molecule has 1 aromatic carbocycles. The lowest BCUT2D eigenvalue weighted by molar-refractivity contribution is 0.112. The molecule has 2 N–H and O–H groups in total. The van der Waals surface area contributed by atoms with E-state index in [9.17, 15) is 4.57 Å². The van der Waals surface area contributed by atoms with Crippen molar-refractivity contribution in [3.63, 3.8) is 0 Å². The summed E-state index contributed by atoms with van der Waals surface area (Å²) >= 11 is 0. The Morgan fingerprint density at radius 1 is 1.33 bits per heavy atom. The number of phosphoric ester groups is 1. The Morgan fingerprint density at radius 2 is 1.93 bits per heavy atom. The first-order chi connectivity index (χ1) is 6.97. The van der Waals surface area contributed by atoms with Gasteiger partial charge in [-0.25, -0.2) is 4.57 Å². The van der Waals surface area contributed by atoms with Gasteiger partial charge in [0.15, 0.2) is 0 Å². The lowest BCUT2D eigenvalue weighted by Gasteiger charge is -2.14. The SMILES string of the molecule is CC(COP(=O)(O)O)Oc1ccccc1. The van der Waals surface area contributed by atoms with E-state index in [1.165, 1.54) is 0 Å². The molecule has 0 spiro atoms. The summed E-state index contributed by atoms with van der Waals surface area (Å²) in [7, 11) is -4.40. The van der Waals surface area contributed by atoms with Gasteiger partial charge < -0.3 is 14.5 Å². The zero-order valence-corrected chi connectivity index (χ0v) is 9.13. The number of rotatable bonds is 5. The van der Waals surface area contributed by atoms with Gasteiger partial charge >= 0.3 is 7.82 Å². The van der Waals surface area contributed by atoms with Gasteiger partial charge in [0.1, 0.15) is 11.9 Å². The van der Waals surface area contributed by atoms with Crippen LogP contribution in [0, 0.1) is 0 Å². The average Bonchev–Trinajstić information content (AvgIpc) is 2.15. The Labute approximate surface area is 87.9 Å². The van der Waals surface area contributed by atoms with Crippen molar-refractivity contribution >= 4 is 7.82 Å². The molecule has 0 heterocycles. The van der Waals surface area contributed by atoms with Crippen molar-refractivity contribution in [2.75, 3.05) is 6.61 Å². The van der Waals surface area contributed by atoms with E-state index in [0.717, 1.165) is 0 Å². The summed E-state index contributed by atoms with van der Waals surface area (Å²) in [6.07, 6.45) is -0.417. The molecule has 0 fully saturated rings. The zero-order chi connectivity index (χ0) is 11.3. The number of hydrogen-bond acceptors (Lipinski definition) is 3. The average molecular weight is 232 g/mol. The van der Waals surface area contributed by atoms with E-state index < -0.39 is 13.9 Å². The lowest BCUT2D eigenvalue weighted by Crippen LogP contribution is -2.18. The van der Waals surface area contributed by atoms with E-state index in [2.05, 4.69) is 4.52 Å². The van der Waals surface area contributed by atoms with Crippen molar-refractivity contribution in [1.29, 1.82) is 0 Å². The van der Waals surface area contributed by atoms with Crippen LogP contribution in [0.2, 0.25) is 0 Å². The maximum absolute atomic E-state index is 10.4. The quantitative estimate of drug-likeness (QED) is 0.753. The normalized spacial score (nSPS) is 13.5. The van der Waals surface area contributed by atoms with Crippen LogP contribution in [0.1, 0.15) is 6.92 Å². The Bertz CT molecular complexity index is 334. The fourth-order valence-corrected chi connectivity index (χ4v) is 1.37. The van der Waals surface area contributed by atoms with Crippen molar-refractivity contribution in [3.8, 4) is 5.75 Å². The van der Waals surface area contributed by atoms with Gasteiger partial charge in [0.25, 0.3) is 0 Å². The Balaban J connectivity index is 2.37. The number of hydrogen-bond donors (Lipinski definition) is 2. The standard InChI is InChI=1S/C9H13O5P/c1-8(7-13-15(10,11)12)14-9-5-3-2-4-6-9/h2-6,8H,7H2,1H3,(H2,10,11,12). The third kappa shape index (κ3) is 5.54. The topological polar surface area (TPSA) is 76.0 Å². The second-order valence-corrected chi connectivity index (χ2v) is 4.27. The van der Waals surface area contributed by atoms with Crippen LogP contribution >= 0.6 is 7.82 Å². The molecule has 0 aliphatic rings. The zero-order valence-electron chi connectivity index (χ0n) is 8.24. The van der Waals surface area contributed by atoms with Gasteiger partial charge in [-0.3, -0.25) is 4.52 Å². The number of benzene rings is 1. The number of para-hydroxylation sites is 1. The summed E-state index contributed by atoms with van der Waals surface area (Å²) in [5.41, 5.74) is 0. The largest absolute Gasteiger partial charge is 0.488 e. The fraction of sp³-hybridized carbons (Fsp3) is 0.333. The highest BCUT2D eigenvalue weighted by molar-refractivity contribution is 7.46. The maximum Gasteiger partial charge on any atom is 0.469 e. The molecule has 0 aromatic heterocycles. The maximum atomic E-state index is 10.4. The molecule has 0 aliphatic carbocycles. The predicted octanol–water partition coefficient (Wildman–Crippen LogP) is 1.56. The highest BCUT2D eigenvalue weighted by atomic mass is 31.2. The molecular weight excluding hydrogens is 219 g/mol. The van der Waals surface area contributed by atoms with Gasteiger partial charge in [0.05, 0.1) is 6.61 Å². The van der Waals surface area contributed by atoms with Gasteiger partial charge in [-0.2, -0.15) is 0 Å². The van der Waals surface area contributed by atoms with Crippen LogP contribution in [0.25, 0.3) is 0 Å². The molecule has 15 heavy (non-hydrogen) atoms. The minimum atomic E-state index is -4.40. The molecule has 0 saturated carbocycles. The molecule has 1 rings (SSSR count). The first-order valence-electron chi connectivity index (χ1n) is 4.39. The van der Waals surface area contributed by atoms with Gasteiger partial charge in [0, 0.05) is 0 Å². The fourth-order valence-electron chi connectivity index (χ4n) is 0.967. The van der Waals surface area contributed by atoms with Crippen molar-refractivity contribution < 1.29 is 23.6 Å². The van der Waals surface area contributed by atoms with Crippen molar-refractivity contribution in [3.05, 3.63) is 30.3 Å². The van der Waals surface area contributed by atoms with E-state index in [1.54, 1.807) is 19.1 Å². The van der Waals surface area contributed by atoms with E-state index >= 15 is 0 Å². The second kappa shape index (κ2) is 5.28. The Morgan fingerprint density at radius 3 is 2.47 bits per heavy atom. The highest BCUT2D eigenvalue weighted by Gasteiger charge is 2.16. The monoisotopic (exact) mass is 232 g/mol. The highest BCUT2D eigenvalue weighted by Crippen LogP contribution is 2.35. The van der Waals surface area contributed by atoms with Crippen LogP contribution < -0.4 is 4.74 Å². The van der Waals surface area contributed by atoms with Crippen LogP contribution in [-0.4, -0.2) is 22.5 Å². The minimum absolute atomic E-state index is 0.154. The first-order valence-corrected chi connectivity index (χ1v) is 5.92. The Kier molecular flexibility index (Phi) is 4.29. The summed E-state index contributed by atoms with van der Waals surface area (Å²) < 4.78 is 20.1. The van der Waals surface area contributed by atoms with Crippen LogP contribution in [0.15, 0.2) is 30.3 Å². The Hall–Kier alpha value is -0.870. The summed E-state index contributed by atoms with van der Waals surface area (Å²) in [4.78, 5) is 16.9. The predicted molar refractivity (Wildman–Crippen MR) is 54.5 cm³/mol. The molecule has 0 aliphatic heterocycles. The third-order valence-corrected chi connectivity index (χ3v) is 2.04. The van der Waals surface area contributed by atoms with Crippen molar-refractivity contribution in [2.24, 2.45) is 0 Å². The molecule has 0 amide bonds. The first kappa shape index (κ1) is 12.2. The molecule has 0 bridgehead atoms. The number of phosphoric acid groups is 1. The molecule has 1 aromatic rings. The summed E-state index contributed by atoms with van der Waals surface area (Å²) in [6.45, 7) is 1.52. The number of ether oxygens (including phenoxy) is 1. The van der Waals surface area contributed by atoms with Crippen LogP contribution in [0.4, 0.5) is 0 Å². The smallest absolute Gasteiger partial charge is 0.469 e. The molecule has 1 unspecified atom stereocenters. The van der Waals surface area contributed by atoms with E-state index in [4.69, 9.17) is 14.5 Å². The summed E-state index contributed by atoms with van der Waals surface area (Å²) in [6, 6.07) is 8.99. The van der Waals surface area contributed by atoms with E-state index in [0.29, 0.717) is 5.75 Å². The van der Waals surface area contributed by atoms with E-state index in [1.807, 2.05) is 18.2 Å². The molecule has 1 atom stereocenters. The van der Waals surface area contributed by atoms with Gasteiger partial charge in [-0.15, -0.1) is 0 Å². The van der Waals surface area contributed by atoms with Crippen molar-refractivity contribution in [1.82, 2.24) is 0 Å². The molecule has 84 valence electrons. The van der Waals surface area contributed by atoms with Crippen LogP contribution in [0.3, 0.4) is 0 Å². The molecule has 0 saturated heterocycles. The lowest BCUT2D eigenvalue weighted by atomic mass is 10.3. The molecule has 6 heteroatoms. The van der Waals surface area contributed by atoms with Crippen molar-refractivity contribution in [2.45, 2.75) is 13.0 Å². The summed E-state index contributed by atoms with van der Waals surface area (Å²) in [5, 5.41) is 0. The molecular formula is C9H13O5P. The van der Waals surface area contributed by atoms with Crippen LogP contribution in [-0.2, 0) is 9.09 Å². The van der Waals surface area contributed by atoms with Crippen LogP contribution in [0.5, 0.6) is 5.75 Å². The third-order valence-electron chi connectivity index (χ3n) is 1.56. The molecule has 5 nitrogen and oxygen atoms in total. The van der Waals surface area contributed by atoms with E-state index in [-0.39, 0.29) is 6.61 Å².